The van der Waals surface area contributed by atoms with Gasteiger partial charge in [-0.3, -0.25) is 9.36 Å². The number of aliphatic hydroxyl groups excluding tert-OH is 1. The van der Waals surface area contributed by atoms with Gasteiger partial charge >= 0.3 is 5.97 Å². The minimum atomic E-state index is -2.54. The smallest absolute Gasteiger partial charge is 0.305 e. The summed E-state index contributed by atoms with van der Waals surface area (Å²) in [5, 5.41) is 23.2. The van der Waals surface area contributed by atoms with Crippen molar-refractivity contribution in [1.29, 1.82) is 0 Å². The second-order valence-corrected chi connectivity index (χ2v) is 9.84. The predicted octanol–water partition coefficient (Wildman–Crippen LogP) is 5.06. The second-order valence-electron chi connectivity index (χ2n) is 8.40. The Kier molecular flexibility index (Phi) is 9.16. The fourth-order valence-corrected chi connectivity index (χ4v) is 4.82. The molecular weight excluding hydrogens is 458 g/mol. The van der Waals surface area contributed by atoms with E-state index < -0.39 is 26.5 Å². The van der Waals surface area contributed by atoms with Gasteiger partial charge in [0.25, 0.3) is 0 Å². The highest BCUT2D eigenvalue weighted by Crippen LogP contribution is 2.34. The van der Waals surface area contributed by atoms with Gasteiger partial charge in [0.2, 0.25) is 0 Å². The highest BCUT2D eigenvalue weighted by atomic mass is 31.1. The number of benzene rings is 2. The van der Waals surface area contributed by atoms with Gasteiger partial charge in [-0.25, -0.2) is 9.07 Å². The molecule has 0 radical (unpaired) electrons. The number of hydrogen-bond acceptors (Lipinski definition) is 5. The van der Waals surface area contributed by atoms with Crippen molar-refractivity contribution >= 4 is 14.0 Å². The molecule has 0 spiro atoms. The first-order valence-electron chi connectivity index (χ1n) is 11.2. The van der Waals surface area contributed by atoms with Gasteiger partial charge in [-0.15, -0.1) is 0 Å². The van der Waals surface area contributed by atoms with Crippen LogP contribution >= 0.6 is 8.03 Å². The number of halogens is 1. The Hall–Kier alpha value is -2.80. The molecule has 0 fully saturated rings. The van der Waals surface area contributed by atoms with Crippen molar-refractivity contribution in [3.63, 3.8) is 0 Å². The maximum Gasteiger partial charge on any atom is 0.305 e. The van der Waals surface area contributed by atoms with Gasteiger partial charge in [-0.1, -0.05) is 32.0 Å². The first kappa shape index (κ1) is 25.8. The maximum atomic E-state index is 13.6. The fraction of sp³-hybridized carbons (Fsp3) is 0.360. The number of carbonyl (C=O) groups is 1. The van der Waals surface area contributed by atoms with Gasteiger partial charge in [0.1, 0.15) is 5.82 Å². The van der Waals surface area contributed by atoms with E-state index in [2.05, 4.69) is 13.8 Å². The van der Waals surface area contributed by atoms with E-state index in [0.717, 1.165) is 28.2 Å². The van der Waals surface area contributed by atoms with Crippen LogP contribution in [-0.2, 0) is 20.3 Å². The number of aromatic nitrogens is 2. The van der Waals surface area contributed by atoms with Crippen molar-refractivity contribution in [2.24, 2.45) is 0 Å². The molecule has 0 saturated heterocycles. The van der Waals surface area contributed by atoms with E-state index in [-0.39, 0.29) is 24.5 Å². The van der Waals surface area contributed by atoms with E-state index in [4.69, 9.17) is 14.7 Å². The van der Waals surface area contributed by atoms with E-state index in [0.29, 0.717) is 12.8 Å². The number of hydrogen-bond donors (Lipinski definition) is 2. The maximum absolute atomic E-state index is 13.6. The van der Waals surface area contributed by atoms with Gasteiger partial charge in [0.05, 0.1) is 36.2 Å². The Balaban J connectivity index is 1.83. The molecular formula is C25H30FN2O5P. The van der Waals surface area contributed by atoms with Gasteiger partial charge in [-0.05, 0) is 55.2 Å². The van der Waals surface area contributed by atoms with Crippen LogP contribution in [0.2, 0.25) is 0 Å². The Bertz CT molecular complexity index is 1120. The van der Waals surface area contributed by atoms with Crippen molar-refractivity contribution in [2.45, 2.75) is 45.1 Å². The van der Waals surface area contributed by atoms with E-state index in [1.807, 2.05) is 35.0 Å². The summed E-state index contributed by atoms with van der Waals surface area (Å²) in [5.41, 5.74) is 4.54. The van der Waals surface area contributed by atoms with Crippen LogP contribution in [0.25, 0.3) is 16.9 Å². The first-order valence-corrected chi connectivity index (χ1v) is 12.8. The van der Waals surface area contributed by atoms with Crippen LogP contribution in [0, 0.1) is 5.82 Å². The van der Waals surface area contributed by atoms with Crippen LogP contribution in [-0.4, -0.2) is 44.8 Å². The molecule has 2 aromatic carbocycles. The molecule has 7 nitrogen and oxygen atoms in total. The Morgan fingerprint density at radius 2 is 1.82 bits per heavy atom. The largest absolute Gasteiger partial charge is 0.481 e. The van der Waals surface area contributed by atoms with E-state index in [1.165, 1.54) is 12.1 Å². The number of para-hydroxylation sites is 1. The van der Waals surface area contributed by atoms with Crippen LogP contribution in [0.15, 0.2) is 54.6 Å². The molecule has 1 aromatic heterocycles. The van der Waals surface area contributed by atoms with Crippen molar-refractivity contribution in [3.05, 3.63) is 71.7 Å². The molecule has 1 unspecified atom stereocenters. The molecule has 34 heavy (non-hydrogen) atoms. The van der Waals surface area contributed by atoms with E-state index >= 15 is 0 Å². The summed E-state index contributed by atoms with van der Waals surface area (Å²) in [6.45, 7) is 4.33. The normalized spacial score (nSPS) is 13.2. The van der Waals surface area contributed by atoms with Crippen LogP contribution in [0.1, 0.15) is 43.9 Å². The Morgan fingerprint density at radius 1 is 1.15 bits per heavy atom. The van der Waals surface area contributed by atoms with Crippen LogP contribution in [0.3, 0.4) is 0 Å². The van der Waals surface area contributed by atoms with Gasteiger partial charge < -0.3 is 14.7 Å². The molecule has 3 rings (SSSR count). The first-order chi connectivity index (χ1) is 16.3. The number of carboxylic acid groups (broad SMARTS) is 1. The lowest BCUT2D eigenvalue weighted by molar-refractivity contribution is -0.138. The van der Waals surface area contributed by atoms with Crippen LogP contribution in [0.4, 0.5) is 4.39 Å². The van der Waals surface area contributed by atoms with E-state index in [9.17, 15) is 18.9 Å². The minimum absolute atomic E-state index is 0.144. The van der Waals surface area contributed by atoms with E-state index in [1.54, 1.807) is 12.1 Å². The zero-order chi connectivity index (χ0) is 24.7. The standard InChI is InChI=1S/C25H30FN2O5P/c1-17(2)24-22(9-6-14-33-34(32)16-21(29)15-23(30)31)25(18-10-12-19(26)13-11-18)28(27-24)20-7-4-3-5-8-20/h3-5,7-8,10-13,17,21,29,34H,6,9,14-16H2,1-2H3,(H,30,31)/t21-/m0/s1. The summed E-state index contributed by atoms with van der Waals surface area (Å²) in [7, 11) is -2.54. The average Bonchev–Trinajstić information content (AvgIpc) is 3.17. The molecule has 9 heteroatoms. The topological polar surface area (TPSA) is 102 Å². The fourth-order valence-electron chi connectivity index (χ4n) is 3.80. The molecule has 182 valence electrons. The second kappa shape index (κ2) is 12.1. The average molecular weight is 488 g/mol. The third-order valence-corrected chi connectivity index (χ3v) is 6.66. The van der Waals surface area contributed by atoms with Crippen molar-refractivity contribution < 1.29 is 28.5 Å². The molecule has 3 aromatic rings. The quantitative estimate of drug-likeness (QED) is 0.273. The van der Waals surface area contributed by atoms with Crippen molar-refractivity contribution in [3.8, 4) is 16.9 Å². The number of carboxylic acids is 1. The molecule has 0 amide bonds. The van der Waals surface area contributed by atoms with Crippen LogP contribution < -0.4 is 0 Å². The molecule has 0 saturated carbocycles. The van der Waals surface area contributed by atoms with Crippen molar-refractivity contribution in [1.82, 2.24) is 9.78 Å². The van der Waals surface area contributed by atoms with Crippen LogP contribution in [0.5, 0.6) is 0 Å². The summed E-state index contributed by atoms with van der Waals surface area (Å²) < 4.78 is 33.0. The molecule has 1 heterocycles. The number of rotatable bonds is 12. The molecule has 2 N–H and O–H groups in total. The molecule has 0 aliphatic heterocycles. The summed E-state index contributed by atoms with van der Waals surface area (Å²) in [6.07, 6.45) is -0.677. The monoisotopic (exact) mass is 488 g/mol. The summed E-state index contributed by atoms with van der Waals surface area (Å²) >= 11 is 0. The van der Waals surface area contributed by atoms with Crippen molar-refractivity contribution in [2.75, 3.05) is 12.8 Å². The lowest BCUT2D eigenvalue weighted by Crippen LogP contribution is -2.15. The molecule has 0 aliphatic carbocycles. The number of aliphatic hydroxyl groups is 1. The number of nitrogens with zero attached hydrogens (tertiary/aromatic N) is 2. The lowest BCUT2D eigenvalue weighted by atomic mass is 9.97. The zero-order valence-corrected chi connectivity index (χ0v) is 20.3. The van der Waals surface area contributed by atoms with Gasteiger partial charge in [0.15, 0.2) is 8.03 Å². The van der Waals surface area contributed by atoms with Gasteiger partial charge in [0, 0.05) is 17.3 Å². The summed E-state index contributed by atoms with van der Waals surface area (Å²) in [5.74, 6) is -1.32. The summed E-state index contributed by atoms with van der Waals surface area (Å²) in [4.78, 5) is 10.6. The Morgan fingerprint density at radius 3 is 2.44 bits per heavy atom. The Labute approximate surface area is 199 Å². The highest BCUT2D eigenvalue weighted by molar-refractivity contribution is 7.39. The predicted molar refractivity (Wildman–Crippen MR) is 129 cm³/mol. The minimum Gasteiger partial charge on any atom is -0.481 e. The third kappa shape index (κ3) is 6.86. The molecule has 2 atom stereocenters. The number of aliphatic carboxylic acids is 1. The lowest BCUT2D eigenvalue weighted by Gasteiger charge is -2.12. The summed E-state index contributed by atoms with van der Waals surface area (Å²) in [6, 6.07) is 16.0. The molecule has 0 bridgehead atoms. The highest BCUT2D eigenvalue weighted by Gasteiger charge is 2.22. The zero-order valence-electron chi connectivity index (χ0n) is 19.3. The molecule has 0 aliphatic rings. The van der Waals surface area contributed by atoms with Gasteiger partial charge in [-0.2, -0.15) is 5.10 Å². The third-order valence-electron chi connectivity index (χ3n) is 5.33. The SMILES string of the molecule is CC(C)c1nn(-c2ccccc2)c(-c2ccc(F)cc2)c1CCCO[PH](=O)C[C@@H](O)CC(=O)O.